The molecule has 2 aromatic heterocycles. The van der Waals surface area contributed by atoms with Crippen molar-refractivity contribution < 1.29 is 9.13 Å². The fourth-order valence-corrected chi connectivity index (χ4v) is 6.72. The average Bonchev–Trinajstić information content (AvgIpc) is 3.74. The number of fused-ring (bicyclic) bond motifs is 3. The summed E-state index contributed by atoms with van der Waals surface area (Å²) < 4.78 is 9.20. The molecule has 4 heteroatoms. The summed E-state index contributed by atoms with van der Waals surface area (Å²) in [5.74, 6) is 3.94. The van der Waals surface area contributed by atoms with Gasteiger partial charge in [0.25, 0.3) is 11.6 Å². The van der Waals surface area contributed by atoms with Gasteiger partial charge in [-0.25, -0.2) is 9.13 Å². The van der Waals surface area contributed by atoms with Crippen molar-refractivity contribution in [2.75, 3.05) is 0 Å². The summed E-state index contributed by atoms with van der Waals surface area (Å²) in [5.41, 5.74) is 12.2. The number of hydrogen-bond acceptors (Lipinski definition) is 0. The van der Waals surface area contributed by atoms with Crippen molar-refractivity contribution in [3.8, 4) is 33.9 Å². The Morgan fingerprint density at radius 3 is 1.83 bits per heavy atom. The van der Waals surface area contributed by atoms with Crippen molar-refractivity contribution in [2.24, 2.45) is 7.05 Å². The van der Waals surface area contributed by atoms with Gasteiger partial charge in [0.2, 0.25) is 0 Å². The predicted molar refractivity (Wildman–Crippen MR) is 190 cm³/mol. The summed E-state index contributed by atoms with van der Waals surface area (Å²) in [5, 5.41) is 0. The van der Waals surface area contributed by atoms with E-state index in [1.807, 2.05) is 0 Å². The molecule has 0 radical (unpaired) electrons. The van der Waals surface area contributed by atoms with Crippen LogP contribution in [0.3, 0.4) is 0 Å². The van der Waals surface area contributed by atoms with Crippen molar-refractivity contribution in [3.63, 3.8) is 0 Å². The highest BCUT2D eigenvalue weighted by molar-refractivity contribution is 5.72. The van der Waals surface area contributed by atoms with Gasteiger partial charge < -0.3 is 0 Å². The van der Waals surface area contributed by atoms with E-state index in [1.165, 1.54) is 62.0 Å². The highest BCUT2D eigenvalue weighted by Gasteiger charge is 2.32. The van der Waals surface area contributed by atoms with Crippen LogP contribution in [0.25, 0.3) is 33.9 Å². The highest BCUT2D eigenvalue weighted by Crippen LogP contribution is 2.39. The molecular weight excluding hydrogens is 560 g/mol. The second-order valence-corrected chi connectivity index (χ2v) is 13.5. The number of aryl methyl sites for hydroxylation is 1. The van der Waals surface area contributed by atoms with Crippen molar-refractivity contribution in [2.45, 2.75) is 72.8 Å². The summed E-state index contributed by atoms with van der Waals surface area (Å²) in [4.78, 5) is 0. The molecule has 0 bridgehead atoms. The predicted octanol–water partition coefficient (Wildman–Crippen LogP) is 9.44. The Labute approximate surface area is 275 Å². The molecule has 46 heavy (non-hydrogen) atoms. The van der Waals surface area contributed by atoms with Crippen LogP contribution in [0.4, 0.5) is 0 Å². The van der Waals surface area contributed by atoms with Crippen LogP contribution in [0.15, 0.2) is 116 Å². The summed E-state index contributed by atoms with van der Waals surface area (Å²) in [6.45, 7) is 16.8. The number of rotatable bonds is 6. The van der Waals surface area contributed by atoms with E-state index in [-0.39, 0.29) is 0 Å². The first-order chi connectivity index (χ1) is 22.2. The highest BCUT2D eigenvalue weighted by atomic mass is 15.2. The lowest BCUT2D eigenvalue weighted by molar-refractivity contribution is -0.677. The molecule has 6 aromatic rings. The normalized spacial score (nSPS) is 12.0. The summed E-state index contributed by atoms with van der Waals surface area (Å²) in [7, 11) is 2.07. The van der Waals surface area contributed by atoms with Crippen LogP contribution in [0.1, 0.15) is 87.4 Å². The van der Waals surface area contributed by atoms with E-state index in [1.54, 1.807) is 0 Å². The van der Waals surface area contributed by atoms with Crippen LogP contribution in [0, 0.1) is 6.92 Å². The maximum Gasteiger partial charge on any atom is 0.294 e. The first-order valence-corrected chi connectivity index (χ1v) is 16.7. The lowest BCUT2D eigenvalue weighted by Gasteiger charge is -2.20. The van der Waals surface area contributed by atoms with E-state index in [0.717, 1.165) is 6.54 Å². The zero-order chi connectivity index (χ0) is 32.5. The van der Waals surface area contributed by atoms with Gasteiger partial charge in [0.15, 0.2) is 0 Å². The van der Waals surface area contributed by atoms with Gasteiger partial charge in [0.1, 0.15) is 42.7 Å². The Kier molecular flexibility index (Phi) is 8.82. The number of benzene rings is 4. The number of para-hydroxylation sites is 1. The lowest BCUT2D eigenvalue weighted by Crippen LogP contribution is -2.30. The summed E-state index contributed by atoms with van der Waals surface area (Å²) in [6.07, 6.45) is 8.69. The monoisotopic (exact) mass is 608 g/mol. The van der Waals surface area contributed by atoms with E-state index in [4.69, 9.17) is 0 Å². The van der Waals surface area contributed by atoms with Gasteiger partial charge in [-0.1, -0.05) is 108 Å². The largest absolute Gasteiger partial charge is 0.294 e. The minimum absolute atomic E-state index is 0.431. The molecule has 0 atom stereocenters. The van der Waals surface area contributed by atoms with Gasteiger partial charge >= 0.3 is 0 Å². The molecule has 0 unspecified atom stereocenters. The quantitative estimate of drug-likeness (QED) is 0.167. The lowest BCUT2D eigenvalue weighted by atomic mass is 9.88. The van der Waals surface area contributed by atoms with E-state index in [2.05, 4.69) is 190 Å². The van der Waals surface area contributed by atoms with E-state index in [9.17, 15) is 0 Å². The van der Waals surface area contributed by atoms with Gasteiger partial charge in [-0.15, -0.1) is 0 Å². The second-order valence-electron chi connectivity index (χ2n) is 13.5. The van der Waals surface area contributed by atoms with Crippen LogP contribution >= 0.6 is 0 Å². The molecule has 0 saturated heterocycles. The Balaban J connectivity index is 0.000000196. The Morgan fingerprint density at radius 1 is 0.609 bits per heavy atom. The standard InChI is InChI=1S/C28H29N2.C14H19N2/c1-19(2)25-16-23(21-10-6-5-7-11-21)17-26(20(3)4)27(25)30-15-14-29-18-22-12-8-9-13-24(22)28(29)30;1-11(2)13-7-5-6-8-14(13)16-10-9-15(4)12(16)3/h5-17,19-20H,18H2,1-4H3;5-11H,1-4H3/q2*+1. The molecule has 4 aromatic carbocycles. The van der Waals surface area contributed by atoms with Crippen LogP contribution in [-0.4, -0.2) is 9.13 Å². The molecular formula is C42H48N4+2. The van der Waals surface area contributed by atoms with Crippen molar-refractivity contribution in [3.05, 3.63) is 144 Å². The summed E-state index contributed by atoms with van der Waals surface area (Å²) in [6, 6.07) is 33.0. The average molecular weight is 609 g/mol. The Bertz CT molecular complexity index is 1940. The minimum atomic E-state index is 0.431. The SMILES string of the molecule is CC(C)c1cc(-c2ccccc2)cc(C(C)C)c1-n1cc[n+]2c1-c1ccccc1C2.Cc1n(-c2ccccc2C(C)C)cc[n+]1C. The molecule has 234 valence electrons. The van der Waals surface area contributed by atoms with E-state index >= 15 is 0 Å². The summed E-state index contributed by atoms with van der Waals surface area (Å²) >= 11 is 0. The molecule has 1 aliphatic heterocycles. The number of hydrogen-bond donors (Lipinski definition) is 0. The van der Waals surface area contributed by atoms with Crippen LogP contribution in [-0.2, 0) is 13.6 Å². The van der Waals surface area contributed by atoms with Gasteiger partial charge in [0, 0.05) is 29.2 Å². The van der Waals surface area contributed by atoms with Crippen LogP contribution in [0.5, 0.6) is 0 Å². The fourth-order valence-electron chi connectivity index (χ4n) is 6.72. The molecule has 0 fully saturated rings. The number of imidazole rings is 2. The Morgan fingerprint density at radius 2 is 1.20 bits per heavy atom. The molecule has 3 heterocycles. The zero-order valence-corrected chi connectivity index (χ0v) is 28.7. The number of aromatic nitrogens is 4. The fraction of sp³-hybridized carbons (Fsp3) is 0.286. The molecule has 7 rings (SSSR count). The first kappa shape index (κ1) is 31.3. The van der Waals surface area contributed by atoms with Gasteiger partial charge in [-0.3, -0.25) is 0 Å². The maximum absolute atomic E-state index is 2.44. The van der Waals surface area contributed by atoms with Gasteiger partial charge in [-0.2, -0.15) is 9.13 Å². The molecule has 0 saturated carbocycles. The van der Waals surface area contributed by atoms with Crippen molar-refractivity contribution in [1.29, 1.82) is 0 Å². The zero-order valence-electron chi connectivity index (χ0n) is 28.7. The molecule has 4 nitrogen and oxygen atoms in total. The van der Waals surface area contributed by atoms with E-state index in [0.29, 0.717) is 17.8 Å². The molecule has 0 spiro atoms. The van der Waals surface area contributed by atoms with E-state index < -0.39 is 0 Å². The molecule has 0 aliphatic carbocycles. The molecule has 0 amide bonds. The smallest absolute Gasteiger partial charge is 0.237 e. The third-order valence-corrected chi connectivity index (χ3v) is 9.37. The third kappa shape index (κ3) is 5.85. The topological polar surface area (TPSA) is 17.6 Å². The minimum Gasteiger partial charge on any atom is -0.237 e. The van der Waals surface area contributed by atoms with Crippen molar-refractivity contribution >= 4 is 0 Å². The van der Waals surface area contributed by atoms with Crippen LogP contribution < -0.4 is 9.13 Å². The maximum atomic E-state index is 2.44. The second kappa shape index (κ2) is 13.0. The third-order valence-electron chi connectivity index (χ3n) is 9.37. The Hall–Kier alpha value is -4.70. The van der Waals surface area contributed by atoms with Crippen LogP contribution in [0.2, 0.25) is 0 Å². The molecule has 1 aliphatic rings. The van der Waals surface area contributed by atoms with Crippen molar-refractivity contribution in [1.82, 2.24) is 9.13 Å². The first-order valence-electron chi connectivity index (χ1n) is 16.7. The number of nitrogens with zero attached hydrogens (tertiary/aromatic N) is 4. The van der Waals surface area contributed by atoms with Gasteiger partial charge in [0.05, 0.1) is 12.6 Å². The molecule has 0 N–H and O–H groups in total. The van der Waals surface area contributed by atoms with Gasteiger partial charge in [-0.05, 0) is 53.1 Å².